The summed E-state index contributed by atoms with van der Waals surface area (Å²) < 4.78 is 44.2. The first kappa shape index (κ1) is 20.2. The van der Waals surface area contributed by atoms with Gasteiger partial charge in [0.2, 0.25) is 0 Å². The minimum atomic E-state index is -4.42. The van der Waals surface area contributed by atoms with Crippen molar-refractivity contribution < 1.29 is 27.8 Å². The molecule has 0 spiro atoms. The molecule has 0 aromatic heterocycles. The van der Waals surface area contributed by atoms with Crippen molar-refractivity contribution in [3.8, 4) is 11.5 Å². The maximum atomic E-state index is 12.9. The van der Waals surface area contributed by atoms with Crippen LogP contribution in [0.4, 0.5) is 13.2 Å². The van der Waals surface area contributed by atoms with Crippen molar-refractivity contribution in [1.82, 2.24) is 4.90 Å². The van der Waals surface area contributed by atoms with Crippen LogP contribution >= 0.6 is 0 Å². The van der Waals surface area contributed by atoms with Crippen LogP contribution in [-0.2, 0) is 17.5 Å². The molecule has 7 heteroatoms. The van der Waals surface area contributed by atoms with E-state index in [1.54, 1.807) is 18.2 Å². The first-order chi connectivity index (χ1) is 13.2. The highest BCUT2D eigenvalue weighted by Gasteiger charge is 2.33. The SMILES string of the molecule is C[C@@H]1[C@H](C(=O)O)CCCN1Cc1cccc(Oc2cccc(C(F)(F)F)c2)c1. The van der Waals surface area contributed by atoms with Crippen LogP contribution in [0.15, 0.2) is 48.5 Å². The molecular weight excluding hydrogens is 371 g/mol. The van der Waals surface area contributed by atoms with Crippen molar-refractivity contribution in [3.05, 3.63) is 59.7 Å². The molecule has 0 amide bonds. The Morgan fingerprint density at radius 2 is 1.86 bits per heavy atom. The van der Waals surface area contributed by atoms with E-state index in [1.807, 2.05) is 13.0 Å². The van der Waals surface area contributed by atoms with E-state index in [0.717, 1.165) is 30.7 Å². The minimum Gasteiger partial charge on any atom is -0.481 e. The number of hydrogen-bond acceptors (Lipinski definition) is 3. The van der Waals surface area contributed by atoms with E-state index in [-0.39, 0.29) is 11.8 Å². The number of ether oxygens (including phenoxy) is 1. The third-order valence-electron chi connectivity index (χ3n) is 5.12. The average molecular weight is 393 g/mol. The van der Waals surface area contributed by atoms with E-state index in [2.05, 4.69) is 4.90 Å². The van der Waals surface area contributed by atoms with Crippen molar-refractivity contribution in [1.29, 1.82) is 0 Å². The fraction of sp³-hybridized carbons (Fsp3) is 0.381. The molecule has 28 heavy (non-hydrogen) atoms. The van der Waals surface area contributed by atoms with Crippen LogP contribution in [0.2, 0.25) is 0 Å². The first-order valence-corrected chi connectivity index (χ1v) is 9.15. The molecule has 1 saturated heterocycles. The smallest absolute Gasteiger partial charge is 0.416 e. The van der Waals surface area contributed by atoms with Gasteiger partial charge in [-0.2, -0.15) is 13.2 Å². The van der Waals surface area contributed by atoms with Gasteiger partial charge in [-0.3, -0.25) is 9.69 Å². The molecule has 1 aliphatic rings. The van der Waals surface area contributed by atoms with E-state index in [1.165, 1.54) is 12.1 Å². The van der Waals surface area contributed by atoms with E-state index in [9.17, 15) is 23.1 Å². The molecule has 0 aliphatic carbocycles. The predicted molar refractivity (Wildman–Crippen MR) is 98.2 cm³/mol. The highest BCUT2D eigenvalue weighted by Crippen LogP contribution is 2.33. The summed E-state index contributed by atoms with van der Waals surface area (Å²) in [5, 5.41) is 9.35. The van der Waals surface area contributed by atoms with Gasteiger partial charge in [0, 0.05) is 12.6 Å². The van der Waals surface area contributed by atoms with Crippen molar-refractivity contribution in [2.24, 2.45) is 5.92 Å². The summed E-state index contributed by atoms with van der Waals surface area (Å²) in [5.41, 5.74) is 0.158. The standard InChI is InChI=1S/C21H22F3NO3/c1-14-19(20(26)27)9-4-10-25(14)13-15-5-2-7-17(11-15)28-18-8-3-6-16(12-18)21(22,23)24/h2-3,5-8,11-12,14,19H,4,9-10,13H2,1H3,(H,26,27)/t14-,19-/m1/s1. The summed E-state index contributed by atoms with van der Waals surface area (Å²) in [5.74, 6) is -0.613. The lowest BCUT2D eigenvalue weighted by Crippen LogP contribution is -2.45. The van der Waals surface area contributed by atoms with Gasteiger partial charge < -0.3 is 9.84 Å². The molecule has 0 radical (unpaired) electrons. The molecule has 0 bridgehead atoms. The second-order valence-electron chi connectivity index (χ2n) is 7.07. The molecular formula is C21H22F3NO3. The van der Waals surface area contributed by atoms with Crippen LogP contribution < -0.4 is 4.74 Å². The summed E-state index contributed by atoms with van der Waals surface area (Å²) in [6.45, 7) is 3.29. The zero-order valence-corrected chi connectivity index (χ0v) is 15.4. The number of alkyl halides is 3. The number of benzene rings is 2. The van der Waals surface area contributed by atoms with Crippen molar-refractivity contribution in [2.75, 3.05) is 6.54 Å². The molecule has 1 N–H and O–H groups in total. The lowest BCUT2D eigenvalue weighted by atomic mass is 9.90. The van der Waals surface area contributed by atoms with Gasteiger partial charge in [-0.1, -0.05) is 18.2 Å². The number of piperidine rings is 1. The molecule has 1 aliphatic heterocycles. The molecule has 4 nitrogen and oxygen atoms in total. The second-order valence-corrected chi connectivity index (χ2v) is 7.07. The Bertz CT molecular complexity index is 838. The van der Waals surface area contributed by atoms with Gasteiger partial charge in [-0.15, -0.1) is 0 Å². The lowest BCUT2D eigenvalue weighted by Gasteiger charge is -2.37. The summed E-state index contributed by atoms with van der Waals surface area (Å²) >= 11 is 0. The maximum Gasteiger partial charge on any atom is 0.416 e. The third kappa shape index (κ3) is 4.84. The molecule has 150 valence electrons. The minimum absolute atomic E-state index is 0.0840. The second kappa shape index (κ2) is 8.22. The van der Waals surface area contributed by atoms with Gasteiger partial charge in [0.25, 0.3) is 0 Å². The van der Waals surface area contributed by atoms with Crippen LogP contribution in [0.5, 0.6) is 11.5 Å². The van der Waals surface area contributed by atoms with Crippen LogP contribution in [-0.4, -0.2) is 28.6 Å². The number of rotatable bonds is 5. The van der Waals surface area contributed by atoms with Gasteiger partial charge in [-0.05, 0) is 62.2 Å². The quantitative estimate of drug-likeness (QED) is 0.760. The number of nitrogens with zero attached hydrogens (tertiary/aromatic N) is 1. The number of halogens is 3. The summed E-state index contributed by atoms with van der Waals surface area (Å²) in [6.07, 6.45) is -2.93. The van der Waals surface area contributed by atoms with Gasteiger partial charge in [0.05, 0.1) is 11.5 Å². The normalized spacial score (nSPS) is 20.7. The van der Waals surface area contributed by atoms with E-state index >= 15 is 0 Å². The van der Waals surface area contributed by atoms with Gasteiger partial charge in [0.15, 0.2) is 0 Å². The Labute approximate surface area is 161 Å². The Morgan fingerprint density at radius 3 is 2.54 bits per heavy atom. The number of aliphatic carboxylic acids is 1. The molecule has 2 aromatic carbocycles. The van der Waals surface area contributed by atoms with Crippen molar-refractivity contribution in [2.45, 2.75) is 38.5 Å². The number of carboxylic acids is 1. The van der Waals surface area contributed by atoms with Gasteiger partial charge in [0.1, 0.15) is 11.5 Å². The number of hydrogen-bond donors (Lipinski definition) is 1. The summed E-state index contributed by atoms with van der Waals surface area (Å²) in [6, 6.07) is 11.8. The Hall–Kier alpha value is -2.54. The molecule has 0 saturated carbocycles. The molecule has 1 fully saturated rings. The Morgan fingerprint density at radius 1 is 1.18 bits per heavy atom. The van der Waals surface area contributed by atoms with E-state index in [4.69, 9.17) is 4.74 Å². The molecule has 0 unspecified atom stereocenters. The van der Waals surface area contributed by atoms with Crippen molar-refractivity contribution in [3.63, 3.8) is 0 Å². The zero-order valence-electron chi connectivity index (χ0n) is 15.4. The van der Waals surface area contributed by atoms with Gasteiger partial charge in [-0.25, -0.2) is 0 Å². The zero-order chi connectivity index (χ0) is 20.3. The van der Waals surface area contributed by atoms with Crippen molar-refractivity contribution >= 4 is 5.97 Å². The Balaban J connectivity index is 1.72. The van der Waals surface area contributed by atoms with E-state index < -0.39 is 23.6 Å². The fourth-order valence-corrected chi connectivity index (χ4v) is 3.58. The first-order valence-electron chi connectivity index (χ1n) is 9.15. The van der Waals surface area contributed by atoms with Crippen LogP contribution in [0, 0.1) is 5.92 Å². The van der Waals surface area contributed by atoms with E-state index in [0.29, 0.717) is 18.7 Å². The molecule has 3 rings (SSSR count). The van der Waals surface area contributed by atoms with Crippen LogP contribution in [0.3, 0.4) is 0 Å². The number of likely N-dealkylation sites (tertiary alicyclic amines) is 1. The monoisotopic (exact) mass is 393 g/mol. The fourth-order valence-electron chi connectivity index (χ4n) is 3.58. The maximum absolute atomic E-state index is 12.9. The Kier molecular flexibility index (Phi) is 5.93. The average Bonchev–Trinajstić information content (AvgIpc) is 2.63. The van der Waals surface area contributed by atoms with Gasteiger partial charge >= 0.3 is 12.1 Å². The van der Waals surface area contributed by atoms with Crippen LogP contribution in [0.1, 0.15) is 30.9 Å². The number of carbonyl (C=O) groups is 1. The largest absolute Gasteiger partial charge is 0.481 e. The number of carboxylic acid groups (broad SMARTS) is 1. The van der Waals surface area contributed by atoms with Crippen LogP contribution in [0.25, 0.3) is 0 Å². The molecule has 2 atom stereocenters. The topological polar surface area (TPSA) is 49.8 Å². The lowest BCUT2D eigenvalue weighted by molar-refractivity contribution is -0.145. The summed E-state index contributed by atoms with van der Waals surface area (Å²) in [7, 11) is 0. The molecule has 2 aromatic rings. The molecule has 1 heterocycles. The third-order valence-corrected chi connectivity index (χ3v) is 5.12. The predicted octanol–water partition coefficient (Wildman–Crippen LogP) is 5.18. The highest BCUT2D eigenvalue weighted by atomic mass is 19.4. The highest BCUT2D eigenvalue weighted by molar-refractivity contribution is 5.71. The summed E-state index contributed by atoms with van der Waals surface area (Å²) in [4.78, 5) is 13.5.